The van der Waals surface area contributed by atoms with E-state index in [1.807, 2.05) is 37.3 Å². The zero-order valence-corrected chi connectivity index (χ0v) is 18.8. The highest BCUT2D eigenvalue weighted by atomic mass is 35.5. The smallest absolute Gasteiger partial charge is 0.257 e. The van der Waals surface area contributed by atoms with Gasteiger partial charge in [-0.3, -0.25) is 14.4 Å². The fourth-order valence-corrected chi connectivity index (χ4v) is 4.53. The third kappa shape index (κ3) is 5.03. The van der Waals surface area contributed by atoms with Gasteiger partial charge in [-0.2, -0.15) is 0 Å². The fraction of sp³-hybridized carbons (Fsp3) is 0.217. The Morgan fingerprint density at radius 3 is 2.78 bits per heavy atom. The lowest BCUT2D eigenvalue weighted by Crippen LogP contribution is -2.36. The highest BCUT2D eigenvalue weighted by Gasteiger charge is 2.35. The van der Waals surface area contributed by atoms with E-state index < -0.39 is 17.4 Å². The van der Waals surface area contributed by atoms with Crippen molar-refractivity contribution in [2.24, 2.45) is 0 Å². The number of nitrogens with zero attached hydrogens (tertiary/aromatic N) is 1. The van der Waals surface area contributed by atoms with Crippen molar-refractivity contribution in [1.82, 2.24) is 9.97 Å². The summed E-state index contributed by atoms with van der Waals surface area (Å²) < 4.78 is 0. The SMILES string of the molecule is Cc1ccc(Cl)cc1NC(=O)C1CC(=O)Nc2nc(SCCc3ccccc3)[nH]c(=O)c21. The summed E-state index contributed by atoms with van der Waals surface area (Å²) >= 11 is 7.42. The normalized spacial score (nSPS) is 15.1. The van der Waals surface area contributed by atoms with Crippen LogP contribution < -0.4 is 16.2 Å². The summed E-state index contributed by atoms with van der Waals surface area (Å²) in [6.45, 7) is 1.83. The number of rotatable bonds is 6. The Morgan fingerprint density at radius 1 is 1.22 bits per heavy atom. The van der Waals surface area contributed by atoms with Crippen LogP contribution in [-0.4, -0.2) is 27.5 Å². The Morgan fingerprint density at radius 2 is 2.00 bits per heavy atom. The summed E-state index contributed by atoms with van der Waals surface area (Å²) in [6.07, 6.45) is 0.673. The monoisotopic (exact) mass is 468 g/mol. The van der Waals surface area contributed by atoms with Gasteiger partial charge in [0, 0.05) is 22.9 Å². The Bertz CT molecular complexity index is 1230. The van der Waals surface area contributed by atoms with Crippen LogP contribution in [0.15, 0.2) is 58.5 Å². The van der Waals surface area contributed by atoms with Crippen molar-refractivity contribution < 1.29 is 9.59 Å². The molecule has 1 aromatic heterocycles. The molecule has 3 aromatic rings. The Hall–Kier alpha value is -3.10. The molecule has 0 saturated carbocycles. The van der Waals surface area contributed by atoms with Crippen molar-refractivity contribution in [3.05, 3.63) is 80.6 Å². The quantitative estimate of drug-likeness (QED) is 0.372. The molecule has 32 heavy (non-hydrogen) atoms. The predicted molar refractivity (Wildman–Crippen MR) is 127 cm³/mol. The zero-order valence-electron chi connectivity index (χ0n) is 17.3. The van der Waals surface area contributed by atoms with Gasteiger partial charge in [-0.05, 0) is 36.6 Å². The molecule has 164 valence electrons. The lowest BCUT2D eigenvalue weighted by molar-refractivity contribution is -0.123. The third-order valence-corrected chi connectivity index (χ3v) is 6.29. The maximum Gasteiger partial charge on any atom is 0.257 e. The highest BCUT2D eigenvalue weighted by Crippen LogP contribution is 2.31. The van der Waals surface area contributed by atoms with Crippen LogP contribution in [0.2, 0.25) is 5.02 Å². The lowest BCUT2D eigenvalue weighted by atomic mass is 9.92. The van der Waals surface area contributed by atoms with Crippen molar-refractivity contribution in [1.29, 1.82) is 0 Å². The number of benzene rings is 2. The molecule has 1 unspecified atom stereocenters. The maximum atomic E-state index is 13.0. The Balaban J connectivity index is 1.54. The van der Waals surface area contributed by atoms with Gasteiger partial charge < -0.3 is 15.6 Å². The van der Waals surface area contributed by atoms with Gasteiger partial charge in [-0.15, -0.1) is 0 Å². The van der Waals surface area contributed by atoms with Crippen molar-refractivity contribution >= 4 is 46.7 Å². The Kier molecular flexibility index (Phi) is 6.62. The van der Waals surface area contributed by atoms with Gasteiger partial charge in [0.25, 0.3) is 5.56 Å². The molecule has 0 radical (unpaired) electrons. The average Bonchev–Trinajstić information content (AvgIpc) is 2.76. The molecule has 7 nitrogen and oxygen atoms in total. The first-order valence-corrected chi connectivity index (χ1v) is 11.4. The van der Waals surface area contributed by atoms with Gasteiger partial charge in [0.05, 0.1) is 11.5 Å². The molecule has 2 amide bonds. The number of carbonyl (C=O) groups excluding carboxylic acids is 2. The number of halogens is 1. The lowest BCUT2D eigenvalue weighted by Gasteiger charge is -2.24. The van der Waals surface area contributed by atoms with E-state index >= 15 is 0 Å². The summed E-state index contributed by atoms with van der Waals surface area (Å²) in [6, 6.07) is 15.1. The van der Waals surface area contributed by atoms with Crippen LogP contribution in [0, 0.1) is 6.92 Å². The molecule has 0 aliphatic carbocycles. The number of thioether (sulfide) groups is 1. The van der Waals surface area contributed by atoms with Crippen LogP contribution >= 0.6 is 23.4 Å². The summed E-state index contributed by atoms with van der Waals surface area (Å²) in [5, 5.41) is 6.30. The number of anilines is 2. The van der Waals surface area contributed by atoms with Crippen LogP contribution in [0.1, 0.15) is 29.0 Å². The van der Waals surface area contributed by atoms with E-state index in [0.29, 0.717) is 21.6 Å². The number of amides is 2. The second kappa shape index (κ2) is 9.58. The van der Waals surface area contributed by atoms with Crippen molar-refractivity contribution in [2.75, 3.05) is 16.4 Å². The first-order valence-electron chi connectivity index (χ1n) is 10.1. The molecule has 9 heteroatoms. The number of hydrogen-bond donors (Lipinski definition) is 3. The molecule has 1 atom stereocenters. The number of hydrogen-bond acceptors (Lipinski definition) is 5. The van der Waals surface area contributed by atoms with E-state index in [2.05, 4.69) is 20.6 Å². The van der Waals surface area contributed by atoms with Crippen LogP contribution in [0.4, 0.5) is 11.5 Å². The fourth-order valence-electron chi connectivity index (χ4n) is 3.50. The minimum absolute atomic E-state index is 0.134. The second-order valence-electron chi connectivity index (χ2n) is 7.47. The molecule has 4 rings (SSSR count). The average molecular weight is 469 g/mol. The number of H-pyrrole nitrogens is 1. The first-order chi connectivity index (χ1) is 15.4. The molecule has 2 aromatic carbocycles. The molecule has 2 heterocycles. The maximum absolute atomic E-state index is 13.0. The molecule has 3 N–H and O–H groups in total. The molecule has 1 aliphatic rings. The predicted octanol–water partition coefficient (Wildman–Crippen LogP) is 4.13. The van der Waals surface area contributed by atoms with Gasteiger partial charge in [-0.25, -0.2) is 4.98 Å². The van der Waals surface area contributed by atoms with E-state index in [9.17, 15) is 14.4 Å². The summed E-state index contributed by atoms with van der Waals surface area (Å²) in [5.41, 5.74) is 2.27. The van der Waals surface area contributed by atoms with Crippen molar-refractivity contribution in [2.45, 2.75) is 30.8 Å². The van der Waals surface area contributed by atoms with Crippen LogP contribution in [-0.2, 0) is 16.0 Å². The van der Waals surface area contributed by atoms with E-state index in [1.165, 1.54) is 17.3 Å². The standard InChI is InChI=1S/C23H21ClN4O3S/c1-13-7-8-15(24)11-17(13)25-21(30)16-12-18(29)26-20-19(16)22(31)28-23(27-20)32-10-9-14-5-3-2-4-6-14/h2-8,11,16H,9-10,12H2,1H3,(H,25,30)(H2,26,27,28,29,31). The van der Waals surface area contributed by atoms with Gasteiger partial charge >= 0.3 is 0 Å². The van der Waals surface area contributed by atoms with Crippen LogP contribution in [0.3, 0.4) is 0 Å². The topological polar surface area (TPSA) is 104 Å². The first kappa shape index (κ1) is 22.1. The van der Waals surface area contributed by atoms with Crippen LogP contribution in [0.5, 0.6) is 0 Å². The summed E-state index contributed by atoms with van der Waals surface area (Å²) in [4.78, 5) is 45.3. The van der Waals surface area contributed by atoms with Gasteiger partial charge in [0.1, 0.15) is 5.82 Å². The minimum atomic E-state index is -0.947. The number of aryl methyl sites for hydroxylation is 2. The number of aromatic amines is 1. The number of aromatic nitrogens is 2. The number of nitrogens with one attached hydrogen (secondary N) is 3. The highest BCUT2D eigenvalue weighted by molar-refractivity contribution is 7.99. The Labute approximate surface area is 194 Å². The summed E-state index contributed by atoms with van der Waals surface area (Å²) in [5.74, 6) is -0.925. The largest absolute Gasteiger partial charge is 0.325 e. The van der Waals surface area contributed by atoms with Gasteiger partial charge in [0.2, 0.25) is 11.8 Å². The van der Waals surface area contributed by atoms with Crippen LogP contribution in [0.25, 0.3) is 0 Å². The molecule has 0 fully saturated rings. The molecule has 0 saturated heterocycles. The molecular weight excluding hydrogens is 448 g/mol. The number of fused-ring (bicyclic) bond motifs is 1. The van der Waals surface area contributed by atoms with Crippen molar-refractivity contribution in [3.63, 3.8) is 0 Å². The second-order valence-corrected chi connectivity index (χ2v) is 8.99. The van der Waals surface area contributed by atoms with E-state index in [-0.39, 0.29) is 23.7 Å². The summed E-state index contributed by atoms with van der Waals surface area (Å²) in [7, 11) is 0. The van der Waals surface area contributed by atoms with Gasteiger partial charge in [0.15, 0.2) is 5.16 Å². The van der Waals surface area contributed by atoms with Gasteiger partial charge in [-0.1, -0.05) is 59.8 Å². The van der Waals surface area contributed by atoms with E-state index in [0.717, 1.165) is 12.0 Å². The molecule has 1 aliphatic heterocycles. The zero-order chi connectivity index (χ0) is 22.7. The van der Waals surface area contributed by atoms with E-state index in [4.69, 9.17) is 11.6 Å². The third-order valence-electron chi connectivity index (χ3n) is 5.18. The van der Waals surface area contributed by atoms with Crippen molar-refractivity contribution in [3.8, 4) is 0 Å². The molecular formula is C23H21ClN4O3S. The number of carbonyl (C=O) groups is 2. The van der Waals surface area contributed by atoms with E-state index in [1.54, 1.807) is 18.2 Å². The molecule has 0 spiro atoms. The minimum Gasteiger partial charge on any atom is -0.325 e. The molecule has 0 bridgehead atoms.